The lowest BCUT2D eigenvalue weighted by Gasteiger charge is -2.16. The van der Waals surface area contributed by atoms with Crippen LogP contribution in [0.3, 0.4) is 0 Å². The normalized spacial score (nSPS) is 15.0. The highest BCUT2D eigenvalue weighted by Crippen LogP contribution is 2.23. The molecule has 0 aliphatic carbocycles. The van der Waals surface area contributed by atoms with Crippen LogP contribution in [0, 0.1) is 0 Å². The average molecular weight is 319 g/mol. The van der Waals surface area contributed by atoms with Gasteiger partial charge in [-0.15, -0.1) is 0 Å². The van der Waals surface area contributed by atoms with Crippen molar-refractivity contribution in [2.75, 3.05) is 12.4 Å². The smallest absolute Gasteiger partial charge is 0.355 e. The number of benzene rings is 1. The summed E-state index contributed by atoms with van der Waals surface area (Å²) in [6, 6.07) is 6.89. The van der Waals surface area contributed by atoms with Crippen LogP contribution in [0.4, 0.5) is 5.69 Å². The van der Waals surface area contributed by atoms with Gasteiger partial charge in [0.2, 0.25) is 5.91 Å². The summed E-state index contributed by atoms with van der Waals surface area (Å²) in [5.74, 6) is -0.988. The van der Waals surface area contributed by atoms with E-state index in [-0.39, 0.29) is 24.5 Å². The predicted molar refractivity (Wildman–Crippen MR) is 82.0 cm³/mol. The molecule has 1 aromatic carbocycles. The van der Waals surface area contributed by atoms with Crippen LogP contribution in [0.1, 0.15) is 19.8 Å². The molecule has 1 aromatic rings. The van der Waals surface area contributed by atoms with E-state index in [1.54, 1.807) is 24.3 Å². The first-order valence-electron chi connectivity index (χ1n) is 7.01. The van der Waals surface area contributed by atoms with E-state index in [4.69, 9.17) is 9.47 Å². The minimum atomic E-state index is -1.02. The number of carbonyl (C=O) groups excluding carboxylic acids is 3. The van der Waals surface area contributed by atoms with Crippen molar-refractivity contribution in [1.82, 2.24) is 5.43 Å². The van der Waals surface area contributed by atoms with Gasteiger partial charge in [0.1, 0.15) is 11.5 Å². The van der Waals surface area contributed by atoms with Crippen molar-refractivity contribution in [1.29, 1.82) is 0 Å². The fourth-order valence-electron chi connectivity index (χ4n) is 1.89. The lowest BCUT2D eigenvalue weighted by atomic mass is 10.2. The number of rotatable bonds is 5. The van der Waals surface area contributed by atoms with Crippen molar-refractivity contribution in [3.63, 3.8) is 0 Å². The molecule has 8 nitrogen and oxygen atoms in total. The second-order valence-corrected chi connectivity index (χ2v) is 4.83. The standard InChI is InChI=1S/C15H17N3O5/c1-9(23-15(21)11-7-8-13(19)18-17-11)14(20)16-10-5-3-4-6-12(10)22-2/h3-6,9H,7-8H2,1-2H3,(H,16,20)(H,18,19)/t9-/m1/s1. The fraction of sp³-hybridized carbons (Fsp3) is 0.333. The Bertz CT molecular complexity index is 656. The van der Waals surface area contributed by atoms with E-state index < -0.39 is 18.0 Å². The number of nitrogens with one attached hydrogen (secondary N) is 2. The number of esters is 1. The van der Waals surface area contributed by atoms with Gasteiger partial charge in [-0.1, -0.05) is 12.1 Å². The summed E-state index contributed by atoms with van der Waals surface area (Å²) in [7, 11) is 1.49. The Morgan fingerprint density at radius 3 is 2.70 bits per heavy atom. The number of carbonyl (C=O) groups is 3. The Hall–Kier alpha value is -2.90. The molecule has 2 rings (SSSR count). The topological polar surface area (TPSA) is 106 Å². The average Bonchev–Trinajstić information content (AvgIpc) is 2.55. The van der Waals surface area contributed by atoms with E-state index in [1.165, 1.54) is 14.0 Å². The van der Waals surface area contributed by atoms with Crippen LogP contribution in [-0.2, 0) is 19.1 Å². The van der Waals surface area contributed by atoms with Gasteiger partial charge in [0.05, 0.1) is 12.8 Å². The van der Waals surface area contributed by atoms with Gasteiger partial charge in [-0.25, -0.2) is 10.2 Å². The van der Waals surface area contributed by atoms with Crippen LogP contribution >= 0.6 is 0 Å². The Morgan fingerprint density at radius 2 is 2.04 bits per heavy atom. The first-order chi connectivity index (χ1) is 11.0. The molecular weight excluding hydrogens is 302 g/mol. The van der Waals surface area contributed by atoms with Crippen molar-refractivity contribution in [2.24, 2.45) is 5.10 Å². The Balaban J connectivity index is 1.95. The summed E-state index contributed by atoms with van der Waals surface area (Å²) >= 11 is 0. The van der Waals surface area contributed by atoms with Gasteiger partial charge in [-0.05, 0) is 19.1 Å². The minimum Gasteiger partial charge on any atom is -0.495 e. The van der Waals surface area contributed by atoms with Gasteiger partial charge in [0, 0.05) is 12.8 Å². The van der Waals surface area contributed by atoms with Crippen LogP contribution in [0.25, 0.3) is 0 Å². The van der Waals surface area contributed by atoms with Crippen LogP contribution in [0.15, 0.2) is 29.4 Å². The number of methoxy groups -OCH3 is 1. The second kappa shape index (κ2) is 7.39. The minimum absolute atomic E-state index is 0.0848. The van der Waals surface area contributed by atoms with Gasteiger partial charge in [-0.2, -0.15) is 5.10 Å². The molecule has 0 saturated heterocycles. The SMILES string of the molecule is COc1ccccc1NC(=O)[C@@H](C)OC(=O)C1=NNC(=O)CC1. The van der Waals surface area contributed by atoms with Crippen LogP contribution < -0.4 is 15.5 Å². The molecule has 0 spiro atoms. The van der Waals surface area contributed by atoms with Gasteiger partial charge in [0.15, 0.2) is 6.10 Å². The van der Waals surface area contributed by atoms with Crippen LogP contribution in [0.5, 0.6) is 5.75 Å². The van der Waals surface area contributed by atoms with Crippen molar-refractivity contribution >= 4 is 29.2 Å². The van der Waals surface area contributed by atoms with Crippen molar-refractivity contribution in [2.45, 2.75) is 25.9 Å². The Kier molecular flexibility index (Phi) is 5.29. The van der Waals surface area contributed by atoms with Crippen LogP contribution in [-0.4, -0.2) is 36.7 Å². The number of ether oxygens (including phenoxy) is 2. The first-order valence-corrected chi connectivity index (χ1v) is 7.01. The zero-order valence-corrected chi connectivity index (χ0v) is 12.8. The van der Waals surface area contributed by atoms with Crippen molar-refractivity contribution in [3.8, 4) is 5.75 Å². The van der Waals surface area contributed by atoms with Gasteiger partial charge in [0.25, 0.3) is 5.91 Å². The predicted octanol–water partition coefficient (Wildman–Crippen LogP) is 0.831. The molecule has 2 N–H and O–H groups in total. The molecule has 122 valence electrons. The molecule has 0 saturated carbocycles. The summed E-state index contributed by atoms with van der Waals surface area (Å²) in [5.41, 5.74) is 2.76. The zero-order valence-electron chi connectivity index (χ0n) is 12.8. The van der Waals surface area contributed by atoms with Crippen molar-refractivity contribution in [3.05, 3.63) is 24.3 Å². The zero-order chi connectivity index (χ0) is 16.8. The van der Waals surface area contributed by atoms with E-state index in [1.807, 2.05) is 0 Å². The molecule has 1 atom stereocenters. The molecule has 23 heavy (non-hydrogen) atoms. The Labute approximate surface area is 132 Å². The molecule has 1 aliphatic heterocycles. The molecule has 8 heteroatoms. The lowest BCUT2D eigenvalue weighted by Crippen LogP contribution is -2.35. The molecule has 0 fully saturated rings. The molecule has 2 amide bonds. The summed E-state index contributed by atoms with van der Waals surface area (Å²) < 4.78 is 10.2. The van der Waals surface area contributed by atoms with E-state index in [9.17, 15) is 14.4 Å². The number of para-hydroxylation sites is 2. The van der Waals surface area contributed by atoms with Gasteiger partial charge >= 0.3 is 5.97 Å². The summed E-state index contributed by atoms with van der Waals surface area (Å²) in [5, 5.41) is 6.25. The molecule has 1 aliphatic rings. The lowest BCUT2D eigenvalue weighted by molar-refractivity contribution is -0.146. The van der Waals surface area contributed by atoms with Crippen LogP contribution in [0.2, 0.25) is 0 Å². The summed E-state index contributed by atoms with van der Waals surface area (Å²) in [6.45, 7) is 1.45. The van der Waals surface area contributed by atoms with E-state index in [0.29, 0.717) is 11.4 Å². The number of amides is 2. The summed E-state index contributed by atoms with van der Waals surface area (Å²) in [4.78, 5) is 35.0. The van der Waals surface area contributed by atoms with Gasteiger partial charge in [-0.3, -0.25) is 9.59 Å². The molecule has 0 radical (unpaired) electrons. The molecule has 0 bridgehead atoms. The number of anilines is 1. The maximum Gasteiger partial charge on any atom is 0.355 e. The van der Waals surface area contributed by atoms with E-state index in [2.05, 4.69) is 15.8 Å². The van der Waals surface area contributed by atoms with E-state index >= 15 is 0 Å². The van der Waals surface area contributed by atoms with Crippen molar-refractivity contribution < 1.29 is 23.9 Å². The Morgan fingerprint density at radius 1 is 1.30 bits per heavy atom. The fourth-order valence-corrected chi connectivity index (χ4v) is 1.89. The second-order valence-electron chi connectivity index (χ2n) is 4.83. The summed E-state index contributed by atoms with van der Waals surface area (Å²) in [6.07, 6.45) is -0.672. The third kappa shape index (κ3) is 4.29. The number of hydrazone groups is 1. The maximum atomic E-state index is 12.1. The number of nitrogens with zero attached hydrogens (tertiary/aromatic N) is 1. The maximum absolute atomic E-state index is 12.1. The third-order valence-electron chi connectivity index (χ3n) is 3.16. The highest BCUT2D eigenvalue weighted by Gasteiger charge is 2.24. The van der Waals surface area contributed by atoms with E-state index in [0.717, 1.165) is 0 Å². The quantitative estimate of drug-likeness (QED) is 0.782. The molecule has 0 aromatic heterocycles. The molecular formula is C15H17N3O5. The monoisotopic (exact) mass is 319 g/mol. The highest BCUT2D eigenvalue weighted by molar-refractivity contribution is 6.37. The molecule has 0 unspecified atom stereocenters. The number of hydrogen-bond donors (Lipinski definition) is 2. The highest BCUT2D eigenvalue weighted by atomic mass is 16.5. The first kappa shape index (κ1) is 16.5. The largest absolute Gasteiger partial charge is 0.495 e. The third-order valence-corrected chi connectivity index (χ3v) is 3.16. The number of hydrogen-bond acceptors (Lipinski definition) is 6. The van der Waals surface area contributed by atoms with Gasteiger partial charge < -0.3 is 14.8 Å². The molecule has 1 heterocycles.